The van der Waals surface area contributed by atoms with Crippen molar-refractivity contribution in [2.24, 2.45) is 0 Å². The maximum atomic E-state index is 10.9. The molecule has 0 aliphatic heterocycles. The van der Waals surface area contributed by atoms with Crippen LogP contribution in [0.2, 0.25) is 0 Å². The molecular weight excluding hydrogens is 328 g/mol. The fraction of sp³-hybridized carbons (Fsp3) is 0.111. The molecular formula is C9H6Br2N2O2. The van der Waals surface area contributed by atoms with Crippen LogP contribution in [-0.4, -0.2) is 5.27 Å². The molecule has 0 saturated heterocycles. The first-order chi connectivity index (χ1) is 7.08. The van der Waals surface area contributed by atoms with Crippen LogP contribution in [0.15, 0.2) is 31.8 Å². The van der Waals surface area contributed by atoms with E-state index in [0.29, 0.717) is 0 Å². The van der Waals surface area contributed by atoms with E-state index in [1.54, 1.807) is 0 Å². The van der Waals surface area contributed by atoms with Gasteiger partial charge in [-0.05, 0) is 39.7 Å². The van der Waals surface area contributed by atoms with Crippen LogP contribution in [-0.2, 0) is 0 Å². The predicted octanol–water partition coefficient (Wildman–Crippen LogP) is 1.86. The minimum absolute atomic E-state index is 0.468. The number of aromatic nitrogens is 2. The molecule has 0 spiro atoms. The lowest BCUT2D eigenvalue weighted by Gasteiger charge is -1.99. The van der Waals surface area contributed by atoms with Crippen LogP contribution in [0.25, 0.3) is 5.69 Å². The maximum Gasteiger partial charge on any atom is 0.256 e. The molecule has 0 atom stereocenters. The zero-order chi connectivity index (χ0) is 11.0. The highest BCUT2D eigenvalue weighted by Gasteiger charge is 2.17. The Balaban J connectivity index is 2.62. The lowest BCUT2D eigenvalue weighted by molar-refractivity contribution is -0.671. The van der Waals surface area contributed by atoms with Gasteiger partial charge in [0.05, 0.1) is 9.74 Å². The van der Waals surface area contributed by atoms with Crippen molar-refractivity contribution >= 4 is 31.9 Å². The second-order valence-corrected chi connectivity index (χ2v) is 4.79. The summed E-state index contributed by atoms with van der Waals surface area (Å²) in [5, 5.41) is 14.5. The standard InChI is InChI=1S/C9H6Br2N2O2/c1-5-2-6(10)3-7(11)9(5)13-4-8(14)15-12-13/h2-4H,1H3. The first-order valence-electron chi connectivity index (χ1n) is 4.09. The zero-order valence-electron chi connectivity index (χ0n) is 7.70. The fourth-order valence-electron chi connectivity index (χ4n) is 1.32. The Bertz CT molecular complexity index is 488. The Morgan fingerprint density at radius 2 is 2.13 bits per heavy atom. The van der Waals surface area contributed by atoms with Gasteiger partial charge < -0.3 is 9.63 Å². The third-order valence-corrected chi connectivity index (χ3v) is 2.96. The summed E-state index contributed by atoms with van der Waals surface area (Å²) < 4.78 is 7.70. The molecule has 15 heavy (non-hydrogen) atoms. The summed E-state index contributed by atoms with van der Waals surface area (Å²) in [6.45, 7) is 1.93. The van der Waals surface area contributed by atoms with E-state index in [1.165, 1.54) is 10.9 Å². The van der Waals surface area contributed by atoms with Crippen LogP contribution in [0.4, 0.5) is 0 Å². The first-order valence-corrected chi connectivity index (χ1v) is 5.68. The lowest BCUT2D eigenvalue weighted by Crippen LogP contribution is -2.33. The summed E-state index contributed by atoms with van der Waals surface area (Å²) in [4.78, 5) is 0. The van der Waals surface area contributed by atoms with Gasteiger partial charge in [-0.25, -0.2) is 0 Å². The summed E-state index contributed by atoms with van der Waals surface area (Å²) in [7, 11) is 0. The minimum atomic E-state index is -0.468. The average molecular weight is 334 g/mol. The van der Waals surface area contributed by atoms with Gasteiger partial charge in [-0.2, -0.15) is 0 Å². The van der Waals surface area contributed by atoms with E-state index < -0.39 is 5.95 Å². The molecule has 6 heteroatoms. The van der Waals surface area contributed by atoms with E-state index in [-0.39, 0.29) is 0 Å². The van der Waals surface area contributed by atoms with Crippen molar-refractivity contribution in [1.29, 1.82) is 0 Å². The number of nitrogens with zero attached hydrogens (tertiary/aromatic N) is 2. The van der Waals surface area contributed by atoms with Crippen molar-refractivity contribution in [2.75, 3.05) is 0 Å². The van der Waals surface area contributed by atoms with Crippen LogP contribution in [0.1, 0.15) is 5.56 Å². The predicted molar refractivity (Wildman–Crippen MR) is 57.6 cm³/mol. The molecule has 0 N–H and O–H groups in total. The summed E-state index contributed by atoms with van der Waals surface area (Å²) >= 11 is 6.79. The third-order valence-electron chi connectivity index (χ3n) is 1.89. The summed E-state index contributed by atoms with van der Waals surface area (Å²) in [6, 6.07) is 3.82. The maximum absolute atomic E-state index is 10.9. The van der Waals surface area contributed by atoms with Gasteiger partial charge in [0.1, 0.15) is 5.95 Å². The Hall–Kier alpha value is -0.880. The Morgan fingerprint density at radius 1 is 1.40 bits per heavy atom. The summed E-state index contributed by atoms with van der Waals surface area (Å²) in [6.07, 6.45) is 1.29. The molecule has 0 fully saturated rings. The van der Waals surface area contributed by atoms with Crippen LogP contribution in [0, 0.1) is 6.92 Å². The van der Waals surface area contributed by atoms with Crippen LogP contribution >= 0.6 is 31.9 Å². The topological polar surface area (TPSA) is 53.0 Å². The second kappa shape index (κ2) is 3.94. The number of aryl methyl sites for hydroxylation is 1. The number of hydrogen-bond donors (Lipinski definition) is 0. The number of hydrogen-bond acceptors (Lipinski definition) is 3. The zero-order valence-corrected chi connectivity index (χ0v) is 10.9. The molecule has 0 unspecified atom stereocenters. The fourth-order valence-corrected chi connectivity index (χ4v) is 2.94. The molecule has 78 valence electrons. The molecule has 1 aromatic carbocycles. The van der Waals surface area contributed by atoms with Crippen molar-refractivity contribution in [3.8, 4) is 11.6 Å². The van der Waals surface area contributed by atoms with Gasteiger partial charge in [0, 0.05) is 10.0 Å². The number of benzene rings is 1. The van der Waals surface area contributed by atoms with Crippen molar-refractivity contribution in [1.82, 2.24) is 5.27 Å². The van der Waals surface area contributed by atoms with Gasteiger partial charge in [-0.1, -0.05) is 15.9 Å². The minimum Gasteiger partial charge on any atom is -0.539 e. The van der Waals surface area contributed by atoms with Crippen molar-refractivity contribution in [2.45, 2.75) is 6.92 Å². The SMILES string of the molecule is Cc1cc(Br)cc(Br)c1-[n+]1cc([O-])on1. The number of rotatable bonds is 1. The molecule has 0 aliphatic carbocycles. The molecule has 0 bridgehead atoms. The molecule has 0 amide bonds. The Kier molecular flexibility index (Phi) is 2.79. The largest absolute Gasteiger partial charge is 0.539 e. The molecule has 1 heterocycles. The Morgan fingerprint density at radius 3 is 2.67 bits per heavy atom. The van der Waals surface area contributed by atoms with Gasteiger partial charge in [-0.3, -0.25) is 0 Å². The molecule has 4 nitrogen and oxygen atoms in total. The normalized spacial score (nSPS) is 10.6. The Labute approximate surface area is 103 Å². The van der Waals surface area contributed by atoms with E-state index in [1.807, 2.05) is 19.1 Å². The average Bonchev–Trinajstić information content (AvgIpc) is 2.49. The molecule has 2 rings (SSSR count). The van der Waals surface area contributed by atoms with Crippen molar-refractivity contribution in [3.05, 3.63) is 32.8 Å². The highest BCUT2D eigenvalue weighted by molar-refractivity contribution is 9.11. The van der Waals surface area contributed by atoms with Crippen LogP contribution in [0.3, 0.4) is 0 Å². The van der Waals surface area contributed by atoms with Gasteiger partial charge in [0.15, 0.2) is 0 Å². The highest BCUT2D eigenvalue weighted by Crippen LogP contribution is 2.25. The smallest absolute Gasteiger partial charge is 0.256 e. The van der Waals surface area contributed by atoms with E-state index in [2.05, 4.69) is 41.7 Å². The molecule has 0 aliphatic rings. The van der Waals surface area contributed by atoms with E-state index in [4.69, 9.17) is 0 Å². The molecule has 0 saturated carbocycles. The van der Waals surface area contributed by atoms with Gasteiger partial charge in [0.25, 0.3) is 5.69 Å². The van der Waals surface area contributed by atoms with Crippen LogP contribution in [0.5, 0.6) is 5.95 Å². The van der Waals surface area contributed by atoms with Crippen molar-refractivity contribution in [3.63, 3.8) is 0 Å². The molecule has 1 aromatic heterocycles. The summed E-state index contributed by atoms with van der Waals surface area (Å²) in [5.41, 5.74) is 1.78. The molecule has 2 aromatic rings. The lowest BCUT2D eigenvalue weighted by atomic mass is 10.2. The van der Waals surface area contributed by atoms with Crippen LogP contribution < -0.4 is 9.79 Å². The highest BCUT2D eigenvalue weighted by atomic mass is 79.9. The van der Waals surface area contributed by atoms with Gasteiger partial charge in [-0.15, -0.1) is 0 Å². The van der Waals surface area contributed by atoms with Gasteiger partial charge >= 0.3 is 0 Å². The van der Waals surface area contributed by atoms with E-state index >= 15 is 0 Å². The third kappa shape index (κ3) is 2.05. The van der Waals surface area contributed by atoms with E-state index in [9.17, 15) is 5.11 Å². The van der Waals surface area contributed by atoms with Gasteiger partial charge in [0.2, 0.25) is 6.20 Å². The molecule has 0 radical (unpaired) electrons. The van der Waals surface area contributed by atoms with Crippen molar-refractivity contribution < 1.29 is 14.3 Å². The second-order valence-electron chi connectivity index (χ2n) is 3.02. The van der Waals surface area contributed by atoms with E-state index in [0.717, 1.165) is 20.2 Å². The quantitative estimate of drug-likeness (QED) is 0.748. The number of halogens is 2. The monoisotopic (exact) mass is 332 g/mol. The first kappa shape index (κ1) is 10.6. The summed E-state index contributed by atoms with van der Waals surface area (Å²) in [5.74, 6) is -0.468.